The second-order valence-electron chi connectivity index (χ2n) is 3.00. The summed E-state index contributed by atoms with van der Waals surface area (Å²) in [5, 5.41) is 16.9. The van der Waals surface area contributed by atoms with Gasteiger partial charge in [0, 0.05) is 13.3 Å². The molecule has 0 radical (unpaired) electrons. The Bertz CT molecular complexity index is 408. The highest BCUT2D eigenvalue weighted by Gasteiger charge is 2.21. The summed E-state index contributed by atoms with van der Waals surface area (Å²) in [5.74, 6) is -0.340. The lowest BCUT2D eigenvalue weighted by Crippen LogP contribution is -2.16. The van der Waals surface area contributed by atoms with Gasteiger partial charge in [0.15, 0.2) is 4.60 Å². The SMILES string of the molecule is Cn1nnc(Br)c1C(O)CS(C)(=O)=O. The summed E-state index contributed by atoms with van der Waals surface area (Å²) in [7, 11) is -1.64. The molecule has 0 bridgehead atoms. The normalized spacial score (nSPS) is 14.3. The van der Waals surface area contributed by atoms with Gasteiger partial charge in [-0.25, -0.2) is 13.1 Å². The van der Waals surface area contributed by atoms with Gasteiger partial charge in [0.2, 0.25) is 0 Å². The molecule has 1 rings (SSSR count). The van der Waals surface area contributed by atoms with E-state index in [1.807, 2.05) is 0 Å². The van der Waals surface area contributed by atoms with Gasteiger partial charge in [-0.2, -0.15) is 0 Å². The van der Waals surface area contributed by atoms with Crippen molar-refractivity contribution in [1.82, 2.24) is 15.0 Å². The Balaban J connectivity index is 2.95. The largest absolute Gasteiger partial charge is 0.386 e. The minimum atomic E-state index is -3.22. The Labute approximate surface area is 90.0 Å². The van der Waals surface area contributed by atoms with Gasteiger partial charge < -0.3 is 5.11 Å². The molecule has 1 aromatic heterocycles. The number of halogens is 1. The van der Waals surface area contributed by atoms with Crippen molar-refractivity contribution >= 4 is 25.8 Å². The van der Waals surface area contributed by atoms with Gasteiger partial charge in [0.1, 0.15) is 21.6 Å². The van der Waals surface area contributed by atoms with Crippen molar-refractivity contribution in [2.45, 2.75) is 6.10 Å². The molecular formula is C6H10BrN3O3S. The third-order valence-electron chi connectivity index (χ3n) is 1.60. The number of rotatable bonds is 3. The highest BCUT2D eigenvalue weighted by Crippen LogP contribution is 2.21. The van der Waals surface area contributed by atoms with E-state index in [0.717, 1.165) is 6.26 Å². The Morgan fingerprint density at radius 2 is 2.21 bits per heavy atom. The maximum Gasteiger partial charge on any atom is 0.154 e. The van der Waals surface area contributed by atoms with E-state index in [9.17, 15) is 13.5 Å². The zero-order chi connectivity index (χ0) is 10.9. The number of aliphatic hydroxyl groups excluding tert-OH is 1. The Hall–Kier alpha value is -0.470. The average molecular weight is 284 g/mol. The molecule has 0 fully saturated rings. The second-order valence-corrected chi connectivity index (χ2v) is 5.93. The zero-order valence-electron chi connectivity index (χ0n) is 7.68. The molecule has 0 aliphatic carbocycles. The lowest BCUT2D eigenvalue weighted by molar-refractivity contribution is 0.191. The minimum Gasteiger partial charge on any atom is -0.386 e. The third-order valence-corrected chi connectivity index (χ3v) is 3.09. The van der Waals surface area contributed by atoms with Crippen LogP contribution in [0.4, 0.5) is 0 Å². The minimum absolute atomic E-state index is 0.340. The molecule has 0 spiro atoms. The van der Waals surface area contributed by atoms with E-state index >= 15 is 0 Å². The molecule has 0 saturated carbocycles. The lowest BCUT2D eigenvalue weighted by Gasteiger charge is -2.08. The highest BCUT2D eigenvalue weighted by molar-refractivity contribution is 9.10. The molecule has 0 aliphatic rings. The molecule has 0 amide bonds. The van der Waals surface area contributed by atoms with Crippen LogP contribution in [0, 0.1) is 0 Å². The van der Waals surface area contributed by atoms with Gasteiger partial charge >= 0.3 is 0 Å². The standard InChI is InChI=1S/C6H10BrN3O3S/c1-10-5(6(7)8-9-10)4(11)3-14(2,12)13/h4,11H,3H2,1-2H3. The third kappa shape index (κ3) is 2.76. The van der Waals surface area contributed by atoms with Crippen molar-refractivity contribution in [2.24, 2.45) is 7.05 Å². The molecule has 1 N–H and O–H groups in total. The fraction of sp³-hybridized carbons (Fsp3) is 0.667. The molecule has 0 saturated heterocycles. The van der Waals surface area contributed by atoms with Gasteiger partial charge in [-0.05, 0) is 15.9 Å². The van der Waals surface area contributed by atoms with Crippen molar-refractivity contribution in [1.29, 1.82) is 0 Å². The van der Waals surface area contributed by atoms with Crippen LogP contribution < -0.4 is 0 Å². The van der Waals surface area contributed by atoms with Crippen LogP contribution in [0.3, 0.4) is 0 Å². The van der Waals surface area contributed by atoms with Crippen LogP contribution in [-0.4, -0.2) is 40.5 Å². The smallest absolute Gasteiger partial charge is 0.154 e. The predicted octanol–water partition coefficient (Wildman–Crippen LogP) is -0.344. The Morgan fingerprint density at radius 1 is 1.64 bits per heavy atom. The van der Waals surface area contributed by atoms with Crippen LogP contribution in [0.25, 0.3) is 0 Å². The molecule has 1 unspecified atom stereocenters. The van der Waals surface area contributed by atoms with Crippen LogP contribution in [0.15, 0.2) is 4.60 Å². The first kappa shape index (κ1) is 11.6. The number of hydrogen-bond donors (Lipinski definition) is 1. The number of aliphatic hydroxyl groups is 1. The molecule has 6 nitrogen and oxygen atoms in total. The number of nitrogens with zero attached hydrogens (tertiary/aromatic N) is 3. The maximum atomic E-state index is 10.9. The van der Waals surface area contributed by atoms with E-state index < -0.39 is 15.9 Å². The highest BCUT2D eigenvalue weighted by atomic mass is 79.9. The van der Waals surface area contributed by atoms with E-state index in [1.165, 1.54) is 4.68 Å². The molecule has 14 heavy (non-hydrogen) atoms. The second kappa shape index (κ2) is 3.95. The lowest BCUT2D eigenvalue weighted by atomic mass is 10.3. The van der Waals surface area contributed by atoms with Crippen molar-refractivity contribution < 1.29 is 13.5 Å². The van der Waals surface area contributed by atoms with E-state index in [-0.39, 0.29) is 5.75 Å². The summed E-state index contributed by atoms with van der Waals surface area (Å²) in [6.07, 6.45) is -0.0483. The average Bonchev–Trinajstić information content (AvgIpc) is 2.27. The van der Waals surface area contributed by atoms with Crippen LogP contribution in [0.2, 0.25) is 0 Å². The van der Waals surface area contributed by atoms with E-state index in [1.54, 1.807) is 7.05 Å². The fourth-order valence-corrected chi connectivity index (χ4v) is 2.38. The fourth-order valence-electron chi connectivity index (χ4n) is 1.06. The van der Waals surface area contributed by atoms with Crippen molar-refractivity contribution in [3.63, 3.8) is 0 Å². The van der Waals surface area contributed by atoms with Crippen LogP contribution >= 0.6 is 15.9 Å². The van der Waals surface area contributed by atoms with Crippen LogP contribution in [0.5, 0.6) is 0 Å². The van der Waals surface area contributed by atoms with E-state index in [2.05, 4.69) is 26.2 Å². The van der Waals surface area contributed by atoms with Crippen LogP contribution in [-0.2, 0) is 16.9 Å². The number of aromatic nitrogens is 3. The maximum absolute atomic E-state index is 10.9. The Morgan fingerprint density at radius 3 is 2.57 bits per heavy atom. The molecule has 1 heterocycles. The summed E-state index contributed by atoms with van der Waals surface area (Å²) in [6.45, 7) is 0. The van der Waals surface area contributed by atoms with Gasteiger partial charge in [-0.1, -0.05) is 5.21 Å². The summed E-state index contributed by atoms with van der Waals surface area (Å²) in [6, 6.07) is 0. The monoisotopic (exact) mass is 283 g/mol. The molecule has 0 aliphatic heterocycles. The summed E-state index contributed by atoms with van der Waals surface area (Å²) in [4.78, 5) is 0. The summed E-state index contributed by atoms with van der Waals surface area (Å²) < 4.78 is 23.6. The van der Waals surface area contributed by atoms with Crippen molar-refractivity contribution in [2.75, 3.05) is 12.0 Å². The van der Waals surface area contributed by atoms with Crippen molar-refractivity contribution in [3.05, 3.63) is 10.3 Å². The molecule has 1 aromatic rings. The zero-order valence-corrected chi connectivity index (χ0v) is 10.1. The quantitative estimate of drug-likeness (QED) is 0.820. The Kier molecular flexibility index (Phi) is 3.28. The molecule has 1 atom stereocenters. The predicted molar refractivity (Wildman–Crippen MR) is 53.4 cm³/mol. The first-order valence-electron chi connectivity index (χ1n) is 3.72. The molecule has 0 aromatic carbocycles. The van der Waals surface area contributed by atoms with Crippen LogP contribution in [0.1, 0.15) is 11.8 Å². The van der Waals surface area contributed by atoms with Gasteiger partial charge in [-0.3, -0.25) is 0 Å². The molecule has 8 heteroatoms. The molecule has 80 valence electrons. The molecular weight excluding hydrogens is 274 g/mol. The number of sulfone groups is 1. The summed E-state index contributed by atoms with van der Waals surface area (Å²) in [5.41, 5.74) is 0.357. The van der Waals surface area contributed by atoms with Gasteiger partial charge in [0.05, 0.1) is 5.75 Å². The summed E-state index contributed by atoms with van der Waals surface area (Å²) >= 11 is 3.08. The van der Waals surface area contributed by atoms with E-state index in [0.29, 0.717) is 10.3 Å². The van der Waals surface area contributed by atoms with Gasteiger partial charge in [0.25, 0.3) is 0 Å². The topological polar surface area (TPSA) is 85.1 Å². The first-order valence-corrected chi connectivity index (χ1v) is 6.57. The first-order chi connectivity index (χ1) is 6.31. The number of hydrogen-bond acceptors (Lipinski definition) is 5. The van der Waals surface area contributed by atoms with Crippen molar-refractivity contribution in [3.8, 4) is 0 Å². The van der Waals surface area contributed by atoms with E-state index in [4.69, 9.17) is 0 Å². The number of aryl methyl sites for hydroxylation is 1. The van der Waals surface area contributed by atoms with Gasteiger partial charge in [-0.15, -0.1) is 5.10 Å².